The van der Waals surface area contributed by atoms with Crippen LogP contribution in [0.3, 0.4) is 0 Å². The van der Waals surface area contributed by atoms with E-state index in [2.05, 4.69) is 26.2 Å². The van der Waals surface area contributed by atoms with Gasteiger partial charge in [-0.1, -0.05) is 15.9 Å². The van der Waals surface area contributed by atoms with Crippen molar-refractivity contribution in [2.24, 2.45) is 5.92 Å². The Morgan fingerprint density at radius 3 is 2.71 bits per heavy atom. The molecule has 2 N–H and O–H groups in total. The van der Waals surface area contributed by atoms with E-state index in [0.717, 1.165) is 36.0 Å². The smallest absolute Gasteiger partial charge is 0.306 e. The van der Waals surface area contributed by atoms with Crippen molar-refractivity contribution in [1.29, 1.82) is 0 Å². The number of hydrogen-bond acceptors (Lipinski definition) is 3. The van der Waals surface area contributed by atoms with Crippen molar-refractivity contribution in [3.63, 3.8) is 0 Å². The van der Waals surface area contributed by atoms with Crippen LogP contribution in [0.2, 0.25) is 0 Å². The maximum atomic E-state index is 10.8. The normalized spacial score (nSPS) is 24.3. The third-order valence-electron chi connectivity index (χ3n) is 3.15. The van der Waals surface area contributed by atoms with Gasteiger partial charge in [-0.25, -0.2) is 4.98 Å². The second kappa shape index (κ2) is 5.49. The number of nitrogens with one attached hydrogen (secondary N) is 1. The molecule has 4 nitrogen and oxygen atoms in total. The van der Waals surface area contributed by atoms with Crippen LogP contribution >= 0.6 is 15.9 Å². The topological polar surface area (TPSA) is 62.2 Å². The Kier molecular flexibility index (Phi) is 3.99. The lowest BCUT2D eigenvalue weighted by Gasteiger charge is -2.27. The molecule has 0 bridgehead atoms. The van der Waals surface area contributed by atoms with Gasteiger partial charge in [0.25, 0.3) is 0 Å². The fourth-order valence-electron chi connectivity index (χ4n) is 2.18. The molecule has 92 valence electrons. The van der Waals surface area contributed by atoms with E-state index in [1.54, 1.807) is 6.20 Å². The van der Waals surface area contributed by atoms with Gasteiger partial charge >= 0.3 is 5.97 Å². The summed E-state index contributed by atoms with van der Waals surface area (Å²) in [7, 11) is 0. The minimum Gasteiger partial charge on any atom is -0.481 e. The van der Waals surface area contributed by atoms with Crippen LogP contribution in [0.25, 0.3) is 0 Å². The molecule has 1 saturated carbocycles. The largest absolute Gasteiger partial charge is 0.481 e. The number of hydrogen-bond donors (Lipinski definition) is 2. The van der Waals surface area contributed by atoms with Gasteiger partial charge in [0.05, 0.1) is 5.92 Å². The molecule has 0 aliphatic heterocycles. The van der Waals surface area contributed by atoms with E-state index in [1.165, 1.54) is 0 Å². The van der Waals surface area contributed by atoms with Crippen molar-refractivity contribution in [3.8, 4) is 0 Å². The van der Waals surface area contributed by atoms with E-state index in [0.29, 0.717) is 6.04 Å². The highest BCUT2D eigenvalue weighted by atomic mass is 79.9. The number of aliphatic carboxylic acids is 1. The fourth-order valence-corrected chi connectivity index (χ4v) is 2.51. The van der Waals surface area contributed by atoms with Gasteiger partial charge in [0.1, 0.15) is 5.82 Å². The van der Waals surface area contributed by atoms with Gasteiger partial charge < -0.3 is 10.4 Å². The first-order chi connectivity index (χ1) is 8.15. The van der Waals surface area contributed by atoms with Crippen molar-refractivity contribution in [2.75, 3.05) is 5.32 Å². The number of carboxylic acid groups (broad SMARTS) is 1. The summed E-state index contributed by atoms with van der Waals surface area (Å²) < 4.78 is 0.995. The summed E-state index contributed by atoms with van der Waals surface area (Å²) >= 11 is 3.40. The van der Waals surface area contributed by atoms with Gasteiger partial charge in [-0.15, -0.1) is 0 Å². The predicted molar refractivity (Wildman–Crippen MR) is 68.9 cm³/mol. The second-order valence-corrected chi connectivity index (χ2v) is 5.31. The highest BCUT2D eigenvalue weighted by Gasteiger charge is 2.25. The van der Waals surface area contributed by atoms with Crippen LogP contribution in [0.15, 0.2) is 22.8 Å². The monoisotopic (exact) mass is 298 g/mol. The number of halogens is 1. The Bertz CT molecular complexity index is 403. The lowest BCUT2D eigenvalue weighted by atomic mass is 9.86. The minimum atomic E-state index is -0.663. The number of aromatic nitrogens is 1. The van der Waals surface area contributed by atoms with Crippen molar-refractivity contribution < 1.29 is 9.90 Å². The molecule has 17 heavy (non-hydrogen) atoms. The van der Waals surface area contributed by atoms with E-state index in [9.17, 15) is 4.79 Å². The van der Waals surface area contributed by atoms with Crippen molar-refractivity contribution in [2.45, 2.75) is 31.7 Å². The number of pyridine rings is 1. The summed E-state index contributed by atoms with van der Waals surface area (Å²) in [5.74, 6) is 0.0192. The summed E-state index contributed by atoms with van der Waals surface area (Å²) in [5, 5.41) is 12.3. The van der Waals surface area contributed by atoms with E-state index in [-0.39, 0.29) is 5.92 Å². The van der Waals surface area contributed by atoms with Crippen LogP contribution in [0.1, 0.15) is 25.7 Å². The highest BCUT2D eigenvalue weighted by molar-refractivity contribution is 9.10. The Labute approximate surface area is 109 Å². The molecular weight excluding hydrogens is 284 g/mol. The number of anilines is 1. The van der Waals surface area contributed by atoms with Crippen LogP contribution in [0.4, 0.5) is 5.82 Å². The lowest BCUT2D eigenvalue weighted by Crippen LogP contribution is -2.29. The molecule has 1 heterocycles. The van der Waals surface area contributed by atoms with Gasteiger partial charge in [-0.2, -0.15) is 0 Å². The molecule has 0 saturated heterocycles. The fraction of sp³-hybridized carbons (Fsp3) is 0.500. The molecule has 0 amide bonds. The summed E-state index contributed by atoms with van der Waals surface area (Å²) in [4.78, 5) is 15.1. The van der Waals surface area contributed by atoms with Crippen molar-refractivity contribution in [1.82, 2.24) is 4.98 Å². The molecule has 0 atom stereocenters. The SMILES string of the molecule is O=C(O)C1CCC(Nc2cc(Br)ccn2)CC1. The van der Waals surface area contributed by atoms with Crippen LogP contribution in [0, 0.1) is 5.92 Å². The van der Waals surface area contributed by atoms with Gasteiger partial charge in [-0.05, 0) is 37.8 Å². The van der Waals surface area contributed by atoms with E-state index < -0.39 is 5.97 Å². The molecule has 5 heteroatoms. The predicted octanol–water partition coefficient (Wildman–Crippen LogP) is 2.90. The highest BCUT2D eigenvalue weighted by Crippen LogP contribution is 2.26. The summed E-state index contributed by atoms with van der Waals surface area (Å²) in [5.41, 5.74) is 0. The second-order valence-electron chi connectivity index (χ2n) is 4.39. The molecule has 0 spiro atoms. The molecule has 2 rings (SSSR count). The molecule has 1 aromatic heterocycles. The van der Waals surface area contributed by atoms with Crippen molar-refractivity contribution >= 4 is 27.7 Å². The molecule has 1 fully saturated rings. The minimum absolute atomic E-state index is 0.163. The summed E-state index contributed by atoms with van der Waals surface area (Å²) in [6.07, 6.45) is 5.04. The molecule has 1 aromatic rings. The van der Waals surface area contributed by atoms with Gasteiger partial charge in [0.15, 0.2) is 0 Å². The third-order valence-corrected chi connectivity index (χ3v) is 3.64. The van der Waals surface area contributed by atoms with E-state index >= 15 is 0 Å². The molecule has 0 unspecified atom stereocenters. The molecule has 0 radical (unpaired) electrons. The molecule has 1 aliphatic rings. The van der Waals surface area contributed by atoms with Crippen molar-refractivity contribution in [3.05, 3.63) is 22.8 Å². The zero-order valence-corrected chi connectivity index (χ0v) is 11.0. The number of carbonyl (C=O) groups is 1. The zero-order valence-electron chi connectivity index (χ0n) is 9.40. The molecule has 0 aromatic carbocycles. The maximum Gasteiger partial charge on any atom is 0.306 e. The average Bonchev–Trinajstić information content (AvgIpc) is 2.29. The Morgan fingerprint density at radius 1 is 1.41 bits per heavy atom. The number of nitrogens with zero attached hydrogens (tertiary/aromatic N) is 1. The first-order valence-corrected chi connectivity index (χ1v) is 6.55. The number of rotatable bonds is 3. The van der Waals surface area contributed by atoms with Gasteiger partial charge in [0, 0.05) is 16.7 Å². The van der Waals surface area contributed by atoms with Gasteiger partial charge in [0.2, 0.25) is 0 Å². The van der Waals surface area contributed by atoms with Crippen LogP contribution in [-0.4, -0.2) is 22.1 Å². The van der Waals surface area contributed by atoms with Gasteiger partial charge in [-0.3, -0.25) is 4.79 Å². The zero-order chi connectivity index (χ0) is 12.3. The Hall–Kier alpha value is -1.10. The molecule has 1 aliphatic carbocycles. The van der Waals surface area contributed by atoms with Crippen LogP contribution < -0.4 is 5.32 Å². The van der Waals surface area contributed by atoms with E-state index in [1.807, 2.05) is 12.1 Å². The standard InChI is InChI=1S/C12H15BrN2O2/c13-9-5-6-14-11(7-9)15-10-3-1-8(2-4-10)12(16)17/h5-8,10H,1-4H2,(H,14,15)(H,16,17). The lowest BCUT2D eigenvalue weighted by molar-refractivity contribution is -0.142. The average molecular weight is 299 g/mol. The maximum absolute atomic E-state index is 10.8. The van der Waals surface area contributed by atoms with Crippen LogP contribution in [0.5, 0.6) is 0 Å². The summed E-state index contributed by atoms with van der Waals surface area (Å²) in [6.45, 7) is 0. The first-order valence-electron chi connectivity index (χ1n) is 5.76. The Morgan fingerprint density at radius 2 is 2.12 bits per heavy atom. The third kappa shape index (κ3) is 3.43. The molecular formula is C12H15BrN2O2. The Balaban J connectivity index is 1.88. The number of carboxylic acids is 1. The van der Waals surface area contributed by atoms with E-state index in [4.69, 9.17) is 5.11 Å². The van der Waals surface area contributed by atoms with Crippen LogP contribution in [-0.2, 0) is 4.79 Å². The first kappa shape index (κ1) is 12.4. The quantitative estimate of drug-likeness (QED) is 0.901. The summed E-state index contributed by atoms with van der Waals surface area (Å²) in [6, 6.07) is 4.16.